The van der Waals surface area contributed by atoms with Crippen LogP contribution in [0.4, 0.5) is 0 Å². The second kappa shape index (κ2) is 3.87. The van der Waals surface area contributed by atoms with Crippen LogP contribution >= 0.6 is 22.6 Å². The molecule has 0 spiro atoms. The van der Waals surface area contributed by atoms with Gasteiger partial charge in [0.25, 0.3) is 0 Å². The summed E-state index contributed by atoms with van der Waals surface area (Å²) in [6.07, 6.45) is 1.87. The highest BCUT2D eigenvalue weighted by Gasteiger charge is 2.12. The quantitative estimate of drug-likeness (QED) is 0.688. The molecule has 3 nitrogen and oxygen atoms in total. The predicted octanol–water partition coefficient (Wildman–Crippen LogP) is 3.64. The van der Waals surface area contributed by atoms with Crippen LogP contribution in [0, 0.1) is 10.5 Å². The molecule has 2 heterocycles. The molecule has 0 unspecified atom stereocenters. The summed E-state index contributed by atoms with van der Waals surface area (Å²) in [5.74, 6) is 0.857. The third-order valence-corrected chi connectivity index (χ3v) is 3.77. The summed E-state index contributed by atoms with van der Waals surface area (Å²) in [6, 6.07) is 6.20. The van der Waals surface area contributed by atoms with E-state index < -0.39 is 0 Å². The standard InChI is InChI=1S/C13H11IN2O/c1-7-5-8-11-9(14)3-4-10(17-2)12(11)16-13(8)15-6-7/h3-6H,1-2H3,(H,15,16). The number of benzene rings is 1. The molecule has 1 aromatic carbocycles. The molecule has 4 heteroatoms. The van der Waals surface area contributed by atoms with Gasteiger partial charge in [-0.3, -0.25) is 0 Å². The molecule has 17 heavy (non-hydrogen) atoms. The lowest BCUT2D eigenvalue weighted by Crippen LogP contribution is -1.85. The van der Waals surface area contributed by atoms with Crippen molar-refractivity contribution >= 4 is 44.5 Å². The number of nitrogens with zero attached hydrogens (tertiary/aromatic N) is 1. The molecule has 0 atom stereocenters. The number of hydrogen-bond acceptors (Lipinski definition) is 2. The minimum absolute atomic E-state index is 0.857. The molecule has 0 saturated heterocycles. The summed E-state index contributed by atoms with van der Waals surface area (Å²) in [4.78, 5) is 7.74. The molecule has 0 bridgehead atoms. The number of fused-ring (bicyclic) bond motifs is 3. The van der Waals surface area contributed by atoms with Gasteiger partial charge in [0.1, 0.15) is 11.4 Å². The molecule has 0 fully saturated rings. The zero-order chi connectivity index (χ0) is 12.0. The van der Waals surface area contributed by atoms with Gasteiger partial charge in [0.15, 0.2) is 0 Å². The number of aromatic amines is 1. The highest BCUT2D eigenvalue weighted by molar-refractivity contribution is 14.1. The third-order valence-electron chi connectivity index (χ3n) is 2.87. The second-order valence-electron chi connectivity index (χ2n) is 4.03. The maximum absolute atomic E-state index is 5.38. The van der Waals surface area contributed by atoms with E-state index in [9.17, 15) is 0 Å². The van der Waals surface area contributed by atoms with Crippen molar-refractivity contribution in [2.24, 2.45) is 0 Å². The molecule has 0 aliphatic carbocycles. The molecule has 0 aliphatic rings. The maximum atomic E-state index is 5.38. The first-order valence-electron chi connectivity index (χ1n) is 5.31. The van der Waals surface area contributed by atoms with Crippen LogP contribution in [0.5, 0.6) is 5.75 Å². The van der Waals surface area contributed by atoms with Crippen LogP contribution in [0.1, 0.15) is 5.56 Å². The van der Waals surface area contributed by atoms with Crippen molar-refractivity contribution in [2.45, 2.75) is 6.92 Å². The zero-order valence-electron chi connectivity index (χ0n) is 9.54. The van der Waals surface area contributed by atoms with E-state index >= 15 is 0 Å². The van der Waals surface area contributed by atoms with Crippen molar-refractivity contribution in [3.05, 3.63) is 33.5 Å². The average molecular weight is 338 g/mol. The first-order chi connectivity index (χ1) is 8.20. The van der Waals surface area contributed by atoms with E-state index in [2.05, 4.69) is 51.6 Å². The number of methoxy groups -OCH3 is 1. The second-order valence-corrected chi connectivity index (χ2v) is 5.20. The lowest BCUT2D eigenvalue weighted by atomic mass is 10.1. The molecular formula is C13H11IN2O. The monoisotopic (exact) mass is 338 g/mol. The predicted molar refractivity (Wildman–Crippen MR) is 77.6 cm³/mol. The van der Waals surface area contributed by atoms with Crippen molar-refractivity contribution in [1.82, 2.24) is 9.97 Å². The summed E-state index contributed by atoms with van der Waals surface area (Å²) < 4.78 is 6.59. The van der Waals surface area contributed by atoms with Gasteiger partial charge in [-0.2, -0.15) is 0 Å². The lowest BCUT2D eigenvalue weighted by molar-refractivity contribution is 0.419. The highest BCUT2D eigenvalue weighted by Crippen LogP contribution is 2.34. The topological polar surface area (TPSA) is 37.9 Å². The van der Waals surface area contributed by atoms with E-state index in [-0.39, 0.29) is 0 Å². The fraction of sp³-hybridized carbons (Fsp3) is 0.154. The van der Waals surface area contributed by atoms with Crippen LogP contribution < -0.4 is 4.74 Å². The van der Waals surface area contributed by atoms with Crippen LogP contribution in [0.25, 0.3) is 21.9 Å². The summed E-state index contributed by atoms with van der Waals surface area (Å²) in [5, 5.41) is 2.35. The highest BCUT2D eigenvalue weighted by atomic mass is 127. The molecule has 0 radical (unpaired) electrons. The number of aryl methyl sites for hydroxylation is 1. The number of ether oxygens (including phenoxy) is 1. The van der Waals surface area contributed by atoms with Crippen molar-refractivity contribution in [3.8, 4) is 5.75 Å². The van der Waals surface area contributed by atoms with E-state index in [0.29, 0.717) is 0 Å². The summed E-state index contributed by atoms with van der Waals surface area (Å²) in [7, 11) is 1.69. The Morgan fingerprint density at radius 2 is 2.18 bits per heavy atom. The van der Waals surface area contributed by atoms with Crippen LogP contribution in [0.3, 0.4) is 0 Å². The number of halogens is 1. The Balaban J connectivity index is 2.55. The van der Waals surface area contributed by atoms with Gasteiger partial charge in [-0.05, 0) is 53.3 Å². The van der Waals surface area contributed by atoms with E-state index in [0.717, 1.165) is 27.9 Å². The Morgan fingerprint density at radius 1 is 1.35 bits per heavy atom. The largest absolute Gasteiger partial charge is 0.495 e. The number of nitrogens with one attached hydrogen (secondary N) is 1. The van der Waals surface area contributed by atoms with Gasteiger partial charge in [-0.25, -0.2) is 4.98 Å². The average Bonchev–Trinajstić information content (AvgIpc) is 2.69. The molecule has 1 N–H and O–H groups in total. The van der Waals surface area contributed by atoms with Gasteiger partial charge in [-0.1, -0.05) is 0 Å². The van der Waals surface area contributed by atoms with Crippen molar-refractivity contribution in [2.75, 3.05) is 7.11 Å². The smallest absolute Gasteiger partial charge is 0.143 e. The SMILES string of the molecule is COc1ccc(I)c2c1[nH]c1ncc(C)cc12. The Morgan fingerprint density at radius 3 is 2.94 bits per heavy atom. The van der Waals surface area contributed by atoms with Gasteiger partial charge in [0, 0.05) is 20.5 Å². The zero-order valence-corrected chi connectivity index (χ0v) is 11.7. The van der Waals surface area contributed by atoms with Crippen LogP contribution in [-0.4, -0.2) is 17.1 Å². The molecular weight excluding hydrogens is 327 g/mol. The lowest BCUT2D eigenvalue weighted by Gasteiger charge is -2.02. The Labute approximate surface area is 112 Å². The minimum atomic E-state index is 0.857. The van der Waals surface area contributed by atoms with Gasteiger partial charge in [0.05, 0.1) is 12.6 Å². The summed E-state index contributed by atoms with van der Waals surface area (Å²) >= 11 is 2.34. The number of hydrogen-bond donors (Lipinski definition) is 1. The Hall–Kier alpha value is -1.30. The number of H-pyrrole nitrogens is 1. The maximum Gasteiger partial charge on any atom is 0.143 e. The van der Waals surface area contributed by atoms with Gasteiger partial charge in [-0.15, -0.1) is 0 Å². The van der Waals surface area contributed by atoms with Gasteiger partial charge in [0.2, 0.25) is 0 Å². The van der Waals surface area contributed by atoms with E-state index in [1.54, 1.807) is 7.11 Å². The first-order valence-corrected chi connectivity index (χ1v) is 6.39. The van der Waals surface area contributed by atoms with Gasteiger partial charge < -0.3 is 9.72 Å². The molecule has 3 rings (SSSR count). The fourth-order valence-corrected chi connectivity index (χ4v) is 2.83. The summed E-state index contributed by atoms with van der Waals surface area (Å²) in [6.45, 7) is 2.05. The van der Waals surface area contributed by atoms with E-state index in [1.165, 1.54) is 8.96 Å². The summed E-state index contributed by atoms with van der Waals surface area (Å²) in [5.41, 5.74) is 3.09. The molecule has 3 aromatic rings. The fourth-order valence-electron chi connectivity index (χ4n) is 2.09. The minimum Gasteiger partial charge on any atom is -0.495 e. The van der Waals surface area contributed by atoms with Crippen LogP contribution in [0.15, 0.2) is 24.4 Å². The van der Waals surface area contributed by atoms with Crippen molar-refractivity contribution in [1.29, 1.82) is 0 Å². The molecule has 0 amide bonds. The van der Waals surface area contributed by atoms with E-state index in [4.69, 9.17) is 4.74 Å². The van der Waals surface area contributed by atoms with Crippen molar-refractivity contribution < 1.29 is 4.74 Å². The third kappa shape index (κ3) is 1.58. The molecule has 0 saturated carbocycles. The normalized spacial score (nSPS) is 11.2. The first kappa shape index (κ1) is 10.8. The number of rotatable bonds is 1. The van der Waals surface area contributed by atoms with Crippen molar-refractivity contribution in [3.63, 3.8) is 0 Å². The number of pyridine rings is 1. The Bertz CT molecular complexity index is 718. The molecule has 86 valence electrons. The molecule has 2 aromatic heterocycles. The number of aromatic nitrogens is 2. The molecule has 0 aliphatic heterocycles. The van der Waals surface area contributed by atoms with Crippen LogP contribution in [-0.2, 0) is 0 Å². The Kier molecular flexibility index (Phi) is 2.47. The van der Waals surface area contributed by atoms with Gasteiger partial charge >= 0.3 is 0 Å². The van der Waals surface area contributed by atoms with Crippen LogP contribution in [0.2, 0.25) is 0 Å². The van der Waals surface area contributed by atoms with E-state index in [1.807, 2.05) is 12.3 Å².